The third-order valence-corrected chi connectivity index (χ3v) is 6.99. The first-order valence-corrected chi connectivity index (χ1v) is 12.9. The molecular weight excluding hydrogens is 601 g/mol. The Bertz CT molecular complexity index is 1420. The van der Waals surface area contributed by atoms with Crippen LogP contribution in [-0.4, -0.2) is 36.7 Å². The average Bonchev–Trinajstić information content (AvgIpc) is 3.11. The minimum absolute atomic E-state index is 0.223. The number of carbonyl (C=O) groups is 1. The fraction of sp³-hybridized carbons (Fsp3) is 0.179. The van der Waals surface area contributed by atoms with Gasteiger partial charge in [0.15, 0.2) is 16.6 Å². The van der Waals surface area contributed by atoms with Crippen LogP contribution in [0.3, 0.4) is 0 Å². The van der Waals surface area contributed by atoms with Gasteiger partial charge in [0.1, 0.15) is 18.1 Å². The molecule has 4 rings (SSSR count). The standard InChI is InChI=1S/C28H24IN3O4S/c1-4-35-22-11-9-21(10-12-22)32-27(33)24(31(2)28(32)37)14-18-13-23(29)26(25(15-18)34-3)36-17-20-8-6-5-7-19(20)16-30/h5-15H,4,17H2,1-3H3/b24-14-. The van der Waals surface area contributed by atoms with Crippen molar-refractivity contribution in [2.24, 2.45) is 0 Å². The molecule has 0 bridgehead atoms. The van der Waals surface area contributed by atoms with E-state index in [1.807, 2.05) is 61.5 Å². The molecule has 0 N–H and O–H groups in total. The normalized spacial score (nSPS) is 14.2. The SMILES string of the molecule is CCOc1ccc(N2C(=O)/C(=C/c3cc(I)c(OCc4ccccc4C#N)c(OC)c3)N(C)C2=S)cc1. The third-order valence-electron chi connectivity index (χ3n) is 5.73. The monoisotopic (exact) mass is 625 g/mol. The summed E-state index contributed by atoms with van der Waals surface area (Å²) >= 11 is 7.76. The van der Waals surface area contributed by atoms with E-state index < -0.39 is 0 Å². The van der Waals surface area contributed by atoms with Gasteiger partial charge in [-0.2, -0.15) is 5.26 Å². The van der Waals surface area contributed by atoms with Crippen LogP contribution in [-0.2, 0) is 11.4 Å². The van der Waals surface area contributed by atoms with Gasteiger partial charge >= 0.3 is 0 Å². The smallest absolute Gasteiger partial charge is 0.281 e. The number of benzene rings is 3. The van der Waals surface area contributed by atoms with Crippen LogP contribution < -0.4 is 19.1 Å². The maximum Gasteiger partial charge on any atom is 0.281 e. The van der Waals surface area contributed by atoms with E-state index in [9.17, 15) is 10.1 Å². The Balaban J connectivity index is 1.60. The van der Waals surface area contributed by atoms with Gasteiger partial charge in [0.05, 0.1) is 34.6 Å². The number of thiocarbonyl (C=S) groups is 1. The Morgan fingerprint density at radius 2 is 1.84 bits per heavy atom. The zero-order valence-electron chi connectivity index (χ0n) is 20.5. The van der Waals surface area contributed by atoms with Crippen LogP contribution >= 0.6 is 34.8 Å². The van der Waals surface area contributed by atoms with Gasteiger partial charge in [-0.3, -0.25) is 9.69 Å². The second kappa shape index (κ2) is 11.6. The Hall–Kier alpha value is -3.62. The topological polar surface area (TPSA) is 75.0 Å². The minimum atomic E-state index is -0.223. The van der Waals surface area contributed by atoms with Gasteiger partial charge in [0.25, 0.3) is 5.91 Å². The zero-order chi connectivity index (χ0) is 26.5. The van der Waals surface area contributed by atoms with Gasteiger partial charge in [-0.25, -0.2) is 0 Å². The summed E-state index contributed by atoms with van der Waals surface area (Å²) in [6.45, 7) is 2.71. The summed E-state index contributed by atoms with van der Waals surface area (Å²) in [6.07, 6.45) is 1.78. The van der Waals surface area contributed by atoms with Crippen molar-refractivity contribution in [3.8, 4) is 23.3 Å². The molecule has 1 amide bonds. The minimum Gasteiger partial charge on any atom is -0.494 e. The molecule has 9 heteroatoms. The second-order valence-corrected chi connectivity index (χ2v) is 9.56. The molecule has 0 spiro atoms. The Morgan fingerprint density at radius 1 is 1.11 bits per heavy atom. The van der Waals surface area contributed by atoms with E-state index in [0.29, 0.717) is 40.2 Å². The highest BCUT2D eigenvalue weighted by Gasteiger charge is 2.36. The molecule has 1 aliphatic heterocycles. The largest absolute Gasteiger partial charge is 0.494 e. The predicted molar refractivity (Wildman–Crippen MR) is 155 cm³/mol. The van der Waals surface area contributed by atoms with E-state index in [-0.39, 0.29) is 12.5 Å². The number of carbonyl (C=O) groups excluding carboxylic acids is 1. The molecule has 0 unspecified atom stereocenters. The van der Waals surface area contributed by atoms with Crippen LogP contribution in [0.15, 0.2) is 66.4 Å². The van der Waals surface area contributed by atoms with Crippen molar-refractivity contribution >= 4 is 57.6 Å². The molecule has 188 valence electrons. The van der Waals surface area contributed by atoms with Crippen molar-refractivity contribution in [2.45, 2.75) is 13.5 Å². The van der Waals surface area contributed by atoms with Crippen molar-refractivity contribution < 1.29 is 19.0 Å². The Morgan fingerprint density at radius 3 is 2.51 bits per heavy atom. The summed E-state index contributed by atoms with van der Waals surface area (Å²) in [6, 6.07) is 20.5. The maximum absolute atomic E-state index is 13.4. The number of anilines is 1. The molecule has 1 heterocycles. The summed E-state index contributed by atoms with van der Waals surface area (Å²) in [5.74, 6) is 1.59. The lowest BCUT2D eigenvalue weighted by molar-refractivity contribution is -0.114. The molecule has 0 radical (unpaired) electrons. The van der Waals surface area contributed by atoms with E-state index in [0.717, 1.165) is 20.4 Å². The van der Waals surface area contributed by atoms with E-state index in [2.05, 4.69) is 28.7 Å². The highest BCUT2D eigenvalue weighted by molar-refractivity contribution is 14.1. The van der Waals surface area contributed by atoms with Crippen LogP contribution in [0.2, 0.25) is 0 Å². The first kappa shape index (κ1) is 26.4. The van der Waals surface area contributed by atoms with Gasteiger partial charge in [-0.05, 0) is 95.8 Å². The lowest BCUT2D eigenvalue weighted by Gasteiger charge is -2.17. The molecule has 37 heavy (non-hydrogen) atoms. The van der Waals surface area contributed by atoms with Crippen molar-refractivity contribution in [2.75, 3.05) is 25.7 Å². The number of hydrogen-bond donors (Lipinski definition) is 0. The second-order valence-electron chi connectivity index (χ2n) is 8.03. The molecule has 1 fully saturated rings. The highest BCUT2D eigenvalue weighted by Crippen LogP contribution is 2.36. The first-order valence-electron chi connectivity index (χ1n) is 11.4. The maximum atomic E-state index is 13.4. The summed E-state index contributed by atoms with van der Waals surface area (Å²) < 4.78 is 18.0. The number of nitriles is 1. The number of hydrogen-bond acceptors (Lipinski definition) is 6. The van der Waals surface area contributed by atoms with Crippen LogP contribution in [0.1, 0.15) is 23.6 Å². The third kappa shape index (κ3) is 5.55. The van der Waals surface area contributed by atoms with Crippen LogP contribution in [0.5, 0.6) is 17.2 Å². The Kier molecular flexibility index (Phi) is 8.31. The zero-order valence-corrected chi connectivity index (χ0v) is 23.5. The van der Waals surface area contributed by atoms with Gasteiger partial charge in [-0.15, -0.1) is 0 Å². The van der Waals surface area contributed by atoms with Gasteiger partial charge in [0.2, 0.25) is 0 Å². The van der Waals surface area contributed by atoms with Gasteiger partial charge in [-0.1, -0.05) is 18.2 Å². The van der Waals surface area contributed by atoms with Gasteiger partial charge in [0, 0.05) is 12.6 Å². The fourth-order valence-corrected chi connectivity index (χ4v) is 4.94. The van der Waals surface area contributed by atoms with Crippen molar-refractivity contribution in [3.63, 3.8) is 0 Å². The number of ether oxygens (including phenoxy) is 3. The number of rotatable bonds is 8. The van der Waals surface area contributed by atoms with E-state index in [4.69, 9.17) is 26.4 Å². The number of halogens is 1. The van der Waals surface area contributed by atoms with Crippen LogP contribution in [0.25, 0.3) is 6.08 Å². The van der Waals surface area contributed by atoms with Crippen LogP contribution in [0, 0.1) is 14.9 Å². The van der Waals surface area contributed by atoms with Crippen LogP contribution in [0.4, 0.5) is 5.69 Å². The molecule has 1 saturated heterocycles. The number of likely N-dealkylation sites (N-methyl/N-ethyl adjacent to an activating group) is 1. The summed E-state index contributed by atoms with van der Waals surface area (Å²) in [5.41, 5.74) is 3.22. The molecule has 3 aromatic carbocycles. The lowest BCUT2D eigenvalue weighted by Crippen LogP contribution is -2.31. The molecule has 0 aromatic heterocycles. The fourth-order valence-electron chi connectivity index (χ4n) is 3.87. The van der Waals surface area contributed by atoms with Crippen molar-refractivity contribution in [1.29, 1.82) is 5.26 Å². The molecular formula is C28H24IN3O4S. The molecule has 1 aliphatic rings. The number of nitrogens with zero attached hydrogens (tertiary/aromatic N) is 3. The molecule has 0 aliphatic carbocycles. The molecule has 0 atom stereocenters. The number of amides is 1. The number of methoxy groups -OCH3 is 1. The quantitative estimate of drug-likeness (QED) is 0.179. The molecule has 3 aromatic rings. The predicted octanol–water partition coefficient (Wildman–Crippen LogP) is 5.75. The van der Waals surface area contributed by atoms with E-state index in [1.54, 1.807) is 31.2 Å². The average molecular weight is 625 g/mol. The lowest BCUT2D eigenvalue weighted by atomic mass is 10.1. The van der Waals surface area contributed by atoms with E-state index in [1.165, 1.54) is 4.90 Å². The Labute approximate surface area is 235 Å². The summed E-state index contributed by atoms with van der Waals surface area (Å²) in [5, 5.41) is 9.73. The summed E-state index contributed by atoms with van der Waals surface area (Å²) in [7, 11) is 3.33. The van der Waals surface area contributed by atoms with Crippen molar-refractivity contribution in [1.82, 2.24) is 4.90 Å². The summed E-state index contributed by atoms with van der Waals surface area (Å²) in [4.78, 5) is 16.6. The van der Waals surface area contributed by atoms with E-state index >= 15 is 0 Å². The van der Waals surface area contributed by atoms with Gasteiger partial charge < -0.3 is 19.1 Å². The molecule has 7 nitrogen and oxygen atoms in total. The molecule has 0 saturated carbocycles. The first-order chi connectivity index (χ1) is 17.9. The van der Waals surface area contributed by atoms with Crippen molar-refractivity contribution in [3.05, 3.63) is 86.6 Å². The highest BCUT2D eigenvalue weighted by atomic mass is 127.